The molecule has 2 rings (SSSR count). The van der Waals surface area contributed by atoms with Gasteiger partial charge in [-0.15, -0.1) is 0 Å². The normalized spacial score (nSPS) is 10.4. The van der Waals surface area contributed by atoms with Crippen molar-refractivity contribution in [1.29, 1.82) is 0 Å². The third kappa shape index (κ3) is 0.657. The summed E-state index contributed by atoms with van der Waals surface area (Å²) in [5, 5.41) is 1.02. The number of nitrogen functional groups attached to an aromatic ring is 1. The molecule has 0 saturated carbocycles. The van der Waals surface area contributed by atoms with Gasteiger partial charge in [-0.3, -0.25) is 4.98 Å². The topological polar surface area (TPSA) is 51.8 Å². The molecule has 0 fully saturated rings. The molecule has 0 radical (unpaired) electrons. The van der Waals surface area contributed by atoms with Crippen LogP contribution in [0.4, 0.5) is 5.69 Å². The summed E-state index contributed by atoms with van der Waals surface area (Å²) >= 11 is 1.40. The Labute approximate surface area is 61.7 Å². The first-order valence-electron chi connectivity index (χ1n) is 2.82. The molecule has 0 atom stereocenters. The molecule has 0 amide bonds. The van der Waals surface area contributed by atoms with Crippen molar-refractivity contribution in [3.05, 3.63) is 18.6 Å². The van der Waals surface area contributed by atoms with E-state index in [9.17, 15) is 0 Å². The number of nitrogens with zero attached hydrogens (tertiary/aromatic N) is 2. The van der Waals surface area contributed by atoms with Gasteiger partial charge >= 0.3 is 0 Å². The third-order valence-electron chi connectivity index (χ3n) is 1.29. The third-order valence-corrected chi connectivity index (χ3v) is 2.15. The van der Waals surface area contributed by atoms with E-state index in [0.717, 1.165) is 10.1 Å². The predicted molar refractivity (Wildman–Crippen MR) is 41.8 cm³/mol. The molecule has 2 heterocycles. The fraction of sp³-hybridized carbons (Fsp3) is 0. The maximum atomic E-state index is 5.61. The van der Waals surface area contributed by atoms with Crippen molar-refractivity contribution >= 4 is 27.3 Å². The quantitative estimate of drug-likeness (QED) is 0.617. The van der Waals surface area contributed by atoms with Gasteiger partial charge in [-0.25, -0.2) is 0 Å². The molecule has 0 aliphatic rings. The lowest BCUT2D eigenvalue weighted by molar-refractivity contribution is 1.37. The van der Waals surface area contributed by atoms with E-state index in [1.165, 1.54) is 11.5 Å². The van der Waals surface area contributed by atoms with E-state index in [2.05, 4.69) is 9.36 Å². The molecule has 0 unspecified atom stereocenters. The van der Waals surface area contributed by atoms with E-state index in [0.29, 0.717) is 5.69 Å². The lowest BCUT2D eigenvalue weighted by Crippen LogP contribution is -1.84. The number of fused-ring (bicyclic) bond motifs is 1. The van der Waals surface area contributed by atoms with Gasteiger partial charge in [-0.2, -0.15) is 4.37 Å². The monoisotopic (exact) mass is 151 g/mol. The van der Waals surface area contributed by atoms with Gasteiger partial charge in [0.15, 0.2) is 0 Å². The lowest BCUT2D eigenvalue weighted by Gasteiger charge is -1.89. The summed E-state index contributed by atoms with van der Waals surface area (Å²) in [5.74, 6) is 0. The molecule has 50 valence electrons. The highest BCUT2D eigenvalue weighted by Gasteiger charge is 1.97. The molecule has 3 nitrogen and oxygen atoms in total. The molecule has 2 N–H and O–H groups in total. The maximum absolute atomic E-state index is 5.61. The Morgan fingerprint density at radius 3 is 3.00 bits per heavy atom. The van der Waals surface area contributed by atoms with Crippen molar-refractivity contribution in [3.8, 4) is 0 Å². The number of pyridine rings is 1. The molecule has 10 heavy (non-hydrogen) atoms. The summed E-state index contributed by atoms with van der Waals surface area (Å²) in [6, 6.07) is 0. The standard InChI is InChI=1S/C6H5N3S/c7-5-3-8-1-4-2-9-10-6(4)5/h1-3H,7H2. The lowest BCUT2D eigenvalue weighted by atomic mass is 10.3. The largest absolute Gasteiger partial charge is 0.396 e. The predicted octanol–water partition coefficient (Wildman–Crippen LogP) is 1.27. The minimum absolute atomic E-state index is 0.708. The zero-order valence-corrected chi connectivity index (χ0v) is 5.93. The molecule has 0 aromatic carbocycles. The van der Waals surface area contributed by atoms with Gasteiger partial charge in [0, 0.05) is 11.6 Å². The zero-order valence-electron chi connectivity index (χ0n) is 5.11. The second-order valence-electron chi connectivity index (χ2n) is 1.97. The van der Waals surface area contributed by atoms with Crippen molar-refractivity contribution in [2.75, 3.05) is 5.73 Å². The van der Waals surface area contributed by atoms with Crippen LogP contribution < -0.4 is 5.73 Å². The summed E-state index contributed by atoms with van der Waals surface area (Å²) in [6.45, 7) is 0. The van der Waals surface area contributed by atoms with Gasteiger partial charge in [0.05, 0.1) is 22.8 Å². The molecule has 0 aliphatic heterocycles. The van der Waals surface area contributed by atoms with Gasteiger partial charge in [-0.05, 0) is 11.5 Å². The van der Waals surface area contributed by atoms with E-state index in [1.807, 2.05) is 0 Å². The second-order valence-corrected chi connectivity index (χ2v) is 2.77. The van der Waals surface area contributed by atoms with Gasteiger partial charge in [-0.1, -0.05) is 0 Å². The molecule has 0 spiro atoms. The van der Waals surface area contributed by atoms with Gasteiger partial charge in [0.25, 0.3) is 0 Å². The Kier molecular flexibility index (Phi) is 1.07. The van der Waals surface area contributed by atoms with E-state index >= 15 is 0 Å². The molecule has 2 aromatic rings. The van der Waals surface area contributed by atoms with Crippen LogP contribution in [-0.4, -0.2) is 9.36 Å². The van der Waals surface area contributed by atoms with E-state index in [-0.39, 0.29) is 0 Å². The Morgan fingerprint density at radius 1 is 1.30 bits per heavy atom. The second kappa shape index (κ2) is 1.91. The van der Waals surface area contributed by atoms with Crippen molar-refractivity contribution in [2.45, 2.75) is 0 Å². The van der Waals surface area contributed by atoms with E-state index in [4.69, 9.17) is 5.73 Å². The first-order chi connectivity index (χ1) is 4.88. The van der Waals surface area contributed by atoms with Gasteiger partial charge < -0.3 is 5.73 Å². The van der Waals surface area contributed by atoms with E-state index in [1.54, 1.807) is 18.6 Å². The molecule has 4 heteroatoms. The van der Waals surface area contributed by atoms with Crippen LogP contribution >= 0.6 is 11.5 Å². The first kappa shape index (κ1) is 5.61. The van der Waals surface area contributed by atoms with Crippen LogP contribution in [0.25, 0.3) is 10.1 Å². The number of hydrogen-bond acceptors (Lipinski definition) is 4. The van der Waals surface area contributed by atoms with Crippen LogP contribution in [0.15, 0.2) is 18.6 Å². The van der Waals surface area contributed by atoms with Gasteiger partial charge in [0.2, 0.25) is 0 Å². The van der Waals surface area contributed by atoms with Crippen molar-refractivity contribution in [1.82, 2.24) is 9.36 Å². The van der Waals surface area contributed by atoms with Crippen LogP contribution in [0.3, 0.4) is 0 Å². The smallest absolute Gasteiger partial charge is 0.0810 e. The zero-order chi connectivity index (χ0) is 6.97. The number of hydrogen-bond donors (Lipinski definition) is 1. The average Bonchev–Trinajstić information content (AvgIpc) is 2.36. The first-order valence-corrected chi connectivity index (χ1v) is 3.59. The molecule has 0 aliphatic carbocycles. The van der Waals surface area contributed by atoms with Gasteiger partial charge in [0.1, 0.15) is 0 Å². The minimum Gasteiger partial charge on any atom is -0.396 e. The fourth-order valence-corrected chi connectivity index (χ4v) is 1.46. The van der Waals surface area contributed by atoms with E-state index < -0.39 is 0 Å². The maximum Gasteiger partial charge on any atom is 0.0810 e. The van der Waals surface area contributed by atoms with Crippen LogP contribution in [0, 0.1) is 0 Å². The fourth-order valence-electron chi connectivity index (χ4n) is 0.815. The highest BCUT2D eigenvalue weighted by atomic mass is 32.1. The summed E-state index contributed by atoms with van der Waals surface area (Å²) in [5.41, 5.74) is 6.32. The highest BCUT2D eigenvalue weighted by Crippen LogP contribution is 2.21. The van der Waals surface area contributed by atoms with Crippen LogP contribution in [0.5, 0.6) is 0 Å². The Hall–Kier alpha value is -1.16. The summed E-state index contributed by atoms with van der Waals surface area (Å²) in [6.07, 6.45) is 5.17. The molecular formula is C6H5N3S. The number of nitrogens with two attached hydrogens (primary N) is 1. The summed E-state index contributed by atoms with van der Waals surface area (Å²) < 4.78 is 5.01. The van der Waals surface area contributed by atoms with Crippen molar-refractivity contribution < 1.29 is 0 Å². The molecular weight excluding hydrogens is 146 g/mol. The average molecular weight is 151 g/mol. The van der Waals surface area contributed by atoms with Crippen molar-refractivity contribution in [2.24, 2.45) is 0 Å². The Bertz CT molecular complexity index is 355. The van der Waals surface area contributed by atoms with Crippen molar-refractivity contribution in [3.63, 3.8) is 0 Å². The van der Waals surface area contributed by atoms with Crippen LogP contribution in [0.1, 0.15) is 0 Å². The molecule has 0 saturated heterocycles. The number of rotatable bonds is 0. The summed E-state index contributed by atoms with van der Waals surface area (Å²) in [7, 11) is 0. The molecule has 2 aromatic heterocycles. The van der Waals surface area contributed by atoms with Crippen LogP contribution in [-0.2, 0) is 0 Å². The number of anilines is 1. The highest BCUT2D eigenvalue weighted by molar-refractivity contribution is 7.14. The molecule has 0 bridgehead atoms. The minimum atomic E-state index is 0.708. The summed E-state index contributed by atoms with van der Waals surface area (Å²) in [4.78, 5) is 3.93. The SMILES string of the molecule is Nc1cncc2cnsc12. The Morgan fingerprint density at radius 2 is 2.20 bits per heavy atom. The van der Waals surface area contributed by atoms with Crippen LogP contribution in [0.2, 0.25) is 0 Å². The Balaban J connectivity index is 2.95. The number of aromatic nitrogens is 2.